The quantitative estimate of drug-likeness (QED) is 0.843. The van der Waals surface area contributed by atoms with Crippen molar-refractivity contribution in [1.29, 1.82) is 0 Å². The van der Waals surface area contributed by atoms with E-state index in [4.69, 9.17) is 0 Å². The second-order valence-corrected chi connectivity index (χ2v) is 6.06. The third kappa shape index (κ3) is 5.38. The summed E-state index contributed by atoms with van der Waals surface area (Å²) in [6, 6.07) is 11.2. The highest BCUT2D eigenvalue weighted by molar-refractivity contribution is 5.97. The number of carbonyl (C=O) groups excluding carboxylic acids is 2. The van der Waals surface area contributed by atoms with Gasteiger partial charge in [0.05, 0.1) is 12.1 Å². The summed E-state index contributed by atoms with van der Waals surface area (Å²) in [5.41, 5.74) is 0.696. The average Bonchev–Trinajstić information content (AvgIpc) is 2.55. The molecule has 2 aromatic carbocycles. The predicted octanol–water partition coefficient (Wildman–Crippen LogP) is 3.29. The Morgan fingerprint density at radius 3 is 2.32 bits per heavy atom. The molecule has 25 heavy (non-hydrogen) atoms. The standard InChI is InChI=1S/C19H20F2N2O2/c1-12(2)18(23-17(24)10-13-6-4-3-5-7-13)19(25)22-16-9-8-14(20)11-15(16)21/h3-9,11-12,18H,10H2,1-2H3,(H,22,25)(H,23,24)/t18-/m0/s1. The minimum atomic E-state index is -0.869. The van der Waals surface area contributed by atoms with E-state index in [1.807, 2.05) is 30.3 Å². The number of nitrogens with one attached hydrogen (secondary N) is 2. The zero-order valence-corrected chi connectivity index (χ0v) is 14.1. The van der Waals surface area contributed by atoms with Gasteiger partial charge >= 0.3 is 0 Å². The molecule has 2 rings (SSSR count). The monoisotopic (exact) mass is 346 g/mol. The second kappa shape index (κ2) is 8.37. The second-order valence-electron chi connectivity index (χ2n) is 6.06. The summed E-state index contributed by atoms with van der Waals surface area (Å²) < 4.78 is 26.6. The predicted molar refractivity (Wildman–Crippen MR) is 91.9 cm³/mol. The molecule has 0 saturated carbocycles. The summed E-state index contributed by atoms with van der Waals surface area (Å²) in [5.74, 6) is -2.66. The average molecular weight is 346 g/mol. The summed E-state index contributed by atoms with van der Waals surface area (Å²) in [7, 11) is 0. The van der Waals surface area contributed by atoms with Crippen molar-refractivity contribution in [3.63, 3.8) is 0 Å². The number of hydrogen-bond donors (Lipinski definition) is 2. The van der Waals surface area contributed by atoms with Crippen LogP contribution in [0.2, 0.25) is 0 Å². The maximum Gasteiger partial charge on any atom is 0.247 e. The van der Waals surface area contributed by atoms with Crippen molar-refractivity contribution in [1.82, 2.24) is 5.32 Å². The van der Waals surface area contributed by atoms with E-state index in [0.29, 0.717) is 6.07 Å². The zero-order valence-electron chi connectivity index (χ0n) is 14.1. The van der Waals surface area contributed by atoms with Gasteiger partial charge in [0.25, 0.3) is 0 Å². The lowest BCUT2D eigenvalue weighted by atomic mass is 10.0. The molecule has 6 heteroatoms. The maximum absolute atomic E-state index is 13.7. The van der Waals surface area contributed by atoms with Gasteiger partial charge < -0.3 is 10.6 Å². The first-order valence-corrected chi connectivity index (χ1v) is 7.96. The van der Waals surface area contributed by atoms with E-state index < -0.39 is 23.6 Å². The van der Waals surface area contributed by atoms with E-state index in [0.717, 1.165) is 17.7 Å². The molecule has 0 aliphatic heterocycles. The molecule has 1 atom stereocenters. The fourth-order valence-corrected chi connectivity index (χ4v) is 2.34. The largest absolute Gasteiger partial charge is 0.344 e. The van der Waals surface area contributed by atoms with E-state index in [2.05, 4.69) is 10.6 Å². The minimum absolute atomic E-state index is 0.130. The zero-order chi connectivity index (χ0) is 18.4. The lowest BCUT2D eigenvalue weighted by Crippen LogP contribution is -2.47. The fraction of sp³-hybridized carbons (Fsp3) is 0.263. The summed E-state index contributed by atoms with van der Waals surface area (Å²) in [6.07, 6.45) is 0.141. The smallest absolute Gasteiger partial charge is 0.247 e. The molecule has 2 amide bonds. The number of rotatable bonds is 6. The molecule has 0 aliphatic carbocycles. The van der Waals surface area contributed by atoms with E-state index in [1.54, 1.807) is 13.8 Å². The summed E-state index contributed by atoms with van der Waals surface area (Å²) in [4.78, 5) is 24.6. The minimum Gasteiger partial charge on any atom is -0.344 e. The summed E-state index contributed by atoms with van der Waals surface area (Å²) in [5, 5.41) is 5.06. The van der Waals surface area contributed by atoms with Crippen LogP contribution in [0.1, 0.15) is 19.4 Å². The van der Waals surface area contributed by atoms with Gasteiger partial charge in [0, 0.05) is 6.07 Å². The maximum atomic E-state index is 13.7. The highest BCUT2D eigenvalue weighted by atomic mass is 19.1. The molecule has 0 unspecified atom stereocenters. The number of benzene rings is 2. The molecule has 0 aliphatic rings. The number of carbonyl (C=O) groups is 2. The number of anilines is 1. The van der Waals surface area contributed by atoms with Gasteiger partial charge in [-0.2, -0.15) is 0 Å². The Balaban J connectivity index is 2.03. The Morgan fingerprint density at radius 1 is 1.04 bits per heavy atom. The molecule has 0 aromatic heterocycles. The first-order valence-electron chi connectivity index (χ1n) is 7.96. The fourth-order valence-electron chi connectivity index (χ4n) is 2.34. The van der Waals surface area contributed by atoms with Gasteiger partial charge in [-0.1, -0.05) is 44.2 Å². The first-order chi connectivity index (χ1) is 11.9. The lowest BCUT2D eigenvalue weighted by Gasteiger charge is -2.22. The normalized spacial score (nSPS) is 11.9. The van der Waals surface area contributed by atoms with Gasteiger partial charge in [0.2, 0.25) is 11.8 Å². The van der Waals surface area contributed by atoms with Crippen LogP contribution in [-0.4, -0.2) is 17.9 Å². The molecule has 2 N–H and O–H groups in total. The number of halogens is 2. The van der Waals surface area contributed by atoms with E-state index >= 15 is 0 Å². The Kier molecular flexibility index (Phi) is 6.22. The van der Waals surface area contributed by atoms with Crippen molar-refractivity contribution in [2.24, 2.45) is 5.92 Å². The molecule has 0 heterocycles. The Labute approximate surface area is 145 Å². The summed E-state index contributed by atoms with van der Waals surface area (Å²) >= 11 is 0. The highest BCUT2D eigenvalue weighted by Crippen LogP contribution is 2.16. The third-order valence-corrected chi connectivity index (χ3v) is 3.66. The van der Waals surface area contributed by atoms with E-state index in [-0.39, 0.29) is 23.9 Å². The Bertz CT molecular complexity index is 748. The van der Waals surface area contributed by atoms with Crippen LogP contribution in [0.4, 0.5) is 14.5 Å². The molecule has 0 fully saturated rings. The van der Waals surface area contributed by atoms with Crippen molar-refractivity contribution in [2.45, 2.75) is 26.3 Å². The van der Waals surface area contributed by atoms with Crippen molar-refractivity contribution in [2.75, 3.05) is 5.32 Å². The molecule has 0 spiro atoms. The van der Waals surface area contributed by atoms with Crippen LogP contribution < -0.4 is 10.6 Å². The van der Waals surface area contributed by atoms with Crippen LogP contribution in [0.15, 0.2) is 48.5 Å². The van der Waals surface area contributed by atoms with Crippen LogP contribution >= 0.6 is 0 Å². The number of hydrogen-bond acceptors (Lipinski definition) is 2. The van der Waals surface area contributed by atoms with E-state index in [9.17, 15) is 18.4 Å². The third-order valence-electron chi connectivity index (χ3n) is 3.66. The Morgan fingerprint density at radius 2 is 1.72 bits per heavy atom. The molecule has 132 valence electrons. The first kappa shape index (κ1) is 18.6. The van der Waals surface area contributed by atoms with Gasteiger partial charge in [-0.3, -0.25) is 9.59 Å². The van der Waals surface area contributed by atoms with E-state index in [1.165, 1.54) is 0 Å². The topological polar surface area (TPSA) is 58.2 Å². The van der Waals surface area contributed by atoms with Crippen LogP contribution in [0.25, 0.3) is 0 Å². The van der Waals surface area contributed by atoms with Gasteiger partial charge in [0.1, 0.15) is 17.7 Å². The molecule has 4 nitrogen and oxygen atoms in total. The molecular weight excluding hydrogens is 326 g/mol. The van der Waals surface area contributed by atoms with Gasteiger partial charge in [-0.15, -0.1) is 0 Å². The van der Waals surface area contributed by atoms with Crippen molar-refractivity contribution in [3.8, 4) is 0 Å². The SMILES string of the molecule is CC(C)[C@H](NC(=O)Cc1ccccc1)C(=O)Nc1ccc(F)cc1F. The van der Waals surface area contributed by atoms with Gasteiger partial charge in [-0.25, -0.2) is 8.78 Å². The molecule has 0 bridgehead atoms. The van der Waals surface area contributed by atoms with Gasteiger partial charge in [-0.05, 0) is 23.6 Å². The van der Waals surface area contributed by atoms with Gasteiger partial charge in [0.15, 0.2) is 0 Å². The van der Waals surface area contributed by atoms with Crippen molar-refractivity contribution in [3.05, 3.63) is 65.7 Å². The molecule has 2 aromatic rings. The summed E-state index contributed by atoms with van der Waals surface area (Å²) in [6.45, 7) is 3.54. The molecular formula is C19H20F2N2O2. The van der Waals surface area contributed by atoms with Crippen molar-refractivity contribution >= 4 is 17.5 Å². The van der Waals surface area contributed by atoms with Crippen molar-refractivity contribution < 1.29 is 18.4 Å². The van der Waals surface area contributed by atoms with Crippen LogP contribution in [-0.2, 0) is 16.0 Å². The highest BCUT2D eigenvalue weighted by Gasteiger charge is 2.25. The molecule has 0 radical (unpaired) electrons. The number of amides is 2. The van der Waals surface area contributed by atoms with Crippen LogP contribution in [0, 0.1) is 17.6 Å². The Hall–Kier alpha value is -2.76. The van der Waals surface area contributed by atoms with Crippen LogP contribution in [0.3, 0.4) is 0 Å². The molecule has 0 saturated heterocycles. The van der Waals surface area contributed by atoms with Crippen LogP contribution in [0.5, 0.6) is 0 Å². The lowest BCUT2D eigenvalue weighted by molar-refractivity contribution is -0.127.